The second kappa shape index (κ2) is 6.88. The summed E-state index contributed by atoms with van der Waals surface area (Å²) in [7, 11) is 0. The minimum atomic E-state index is -0.519. The molecule has 1 aromatic rings. The summed E-state index contributed by atoms with van der Waals surface area (Å²) in [5.74, 6) is -0.166. The molecule has 1 heterocycles. The molecule has 1 aliphatic heterocycles. The molecule has 2 rings (SSSR count). The van der Waals surface area contributed by atoms with E-state index in [-0.39, 0.29) is 5.82 Å². The van der Waals surface area contributed by atoms with Crippen LogP contribution in [0.5, 0.6) is 0 Å². The van der Waals surface area contributed by atoms with Crippen LogP contribution in [0.15, 0.2) is 24.3 Å². The summed E-state index contributed by atoms with van der Waals surface area (Å²) in [4.78, 5) is 4.34. The smallest absolute Gasteiger partial charge is 0.146 e. The largest absolute Gasteiger partial charge is 0.367 e. The van der Waals surface area contributed by atoms with Crippen molar-refractivity contribution in [1.82, 2.24) is 10.2 Å². The van der Waals surface area contributed by atoms with Crippen molar-refractivity contribution in [2.75, 3.05) is 44.2 Å². The highest BCUT2D eigenvalue weighted by Crippen LogP contribution is 2.20. The normalized spacial score (nSPS) is 19.0. The van der Waals surface area contributed by atoms with Crippen LogP contribution in [0.4, 0.5) is 10.1 Å². The fourth-order valence-corrected chi connectivity index (χ4v) is 2.82. The number of para-hydroxylation sites is 1. The molecule has 1 unspecified atom stereocenters. The van der Waals surface area contributed by atoms with Gasteiger partial charge in [0.1, 0.15) is 11.4 Å². The predicted octanol–water partition coefficient (Wildman–Crippen LogP) is 1.84. The topological polar surface area (TPSA) is 42.3 Å². The number of hydrogen-bond donors (Lipinski definition) is 1. The minimum Gasteiger partial charge on any atom is -0.367 e. The zero-order chi connectivity index (χ0) is 15.3. The van der Waals surface area contributed by atoms with Crippen molar-refractivity contribution >= 4 is 5.69 Å². The first-order valence-electron chi connectivity index (χ1n) is 7.46. The Balaban J connectivity index is 1.92. The van der Waals surface area contributed by atoms with Crippen LogP contribution >= 0.6 is 0 Å². The molecule has 1 saturated heterocycles. The number of nitrogens with one attached hydrogen (secondary N) is 1. The zero-order valence-electron chi connectivity index (χ0n) is 12.8. The number of nitrogens with zero attached hydrogens (tertiary/aromatic N) is 3. The molecule has 1 fully saturated rings. The van der Waals surface area contributed by atoms with Gasteiger partial charge in [-0.05, 0) is 25.6 Å². The molecule has 0 radical (unpaired) electrons. The molecule has 0 saturated carbocycles. The van der Waals surface area contributed by atoms with Crippen molar-refractivity contribution in [3.05, 3.63) is 30.1 Å². The number of benzene rings is 1. The van der Waals surface area contributed by atoms with Crippen LogP contribution < -0.4 is 10.2 Å². The van der Waals surface area contributed by atoms with E-state index >= 15 is 0 Å². The monoisotopic (exact) mass is 290 g/mol. The van der Waals surface area contributed by atoms with Crippen LogP contribution in [-0.2, 0) is 0 Å². The molecule has 1 atom stereocenters. The van der Waals surface area contributed by atoms with Gasteiger partial charge in [0, 0.05) is 32.7 Å². The molecular formula is C16H23FN4. The maximum Gasteiger partial charge on any atom is 0.146 e. The van der Waals surface area contributed by atoms with Gasteiger partial charge in [-0.1, -0.05) is 19.1 Å². The van der Waals surface area contributed by atoms with Crippen LogP contribution in [0.2, 0.25) is 0 Å². The third kappa shape index (κ3) is 3.93. The summed E-state index contributed by atoms with van der Waals surface area (Å²) in [5, 5.41) is 12.5. The van der Waals surface area contributed by atoms with E-state index in [0.29, 0.717) is 12.2 Å². The fourth-order valence-electron chi connectivity index (χ4n) is 2.82. The molecule has 21 heavy (non-hydrogen) atoms. The van der Waals surface area contributed by atoms with Gasteiger partial charge >= 0.3 is 0 Å². The average molecular weight is 290 g/mol. The van der Waals surface area contributed by atoms with Crippen LogP contribution in [0.25, 0.3) is 0 Å². The van der Waals surface area contributed by atoms with Gasteiger partial charge in [0.2, 0.25) is 0 Å². The fraction of sp³-hybridized carbons (Fsp3) is 0.562. The van der Waals surface area contributed by atoms with E-state index in [1.165, 1.54) is 6.07 Å². The van der Waals surface area contributed by atoms with E-state index in [1.54, 1.807) is 6.07 Å². The van der Waals surface area contributed by atoms with Crippen molar-refractivity contribution in [1.29, 1.82) is 5.26 Å². The molecule has 4 nitrogen and oxygen atoms in total. The van der Waals surface area contributed by atoms with E-state index in [4.69, 9.17) is 0 Å². The van der Waals surface area contributed by atoms with E-state index in [1.807, 2.05) is 26.0 Å². The molecule has 1 aromatic carbocycles. The second-order valence-electron chi connectivity index (χ2n) is 5.69. The molecule has 0 amide bonds. The highest BCUT2D eigenvalue weighted by molar-refractivity contribution is 5.48. The summed E-state index contributed by atoms with van der Waals surface area (Å²) in [6.45, 7) is 8.67. The van der Waals surface area contributed by atoms with Gasteiger partial charge in [0.15, 0.2) is 0 Å². The van der Waals surface area contributed by atoms with Crippen molar-refractivity contribution in [2.24, 2.45) is 0 Å². The first kappa shape index (κ1) is 15.7. The molecule has 0 bridgehead atoms. The van der Waals surface area contributed by atoms with Gasteiger partial charge in [-0.25, -0.2) is 4.39 Å². The molecular weight excluding hydrogens is 267 g/mol. The Bertz CT molecular complexity index is 505. The molecule has 0 aliphatic carbocycles. The summed E-state index contributed by atoms with van der Waals surface area (Å²) in [6, 6.07) is 9.25. The number of likely N-dealkylation sites (N-methyl/N-ethyl adjacent to an activating group) is 1. The van der Waals surface area contributed by atoms with Gasteiger partial charge in [-0.15, -0.1) is 0 Å². The van der Waals surface area contributed by atoms with Crippen LogP contribution in [-0.4, -0.2) is 49.7 Å². The van der Waals surface area contributed by atoms with Crippen LogP contribution in [0, 0.1) is 17.1 Å². The Morgan fingerprint density at radius 2 is 1.95 bits per heavy atom. The summed E-state index contributed by atoms with van der Waals surface area (Å²) < 4.78 is 13.8. The predicted molar refractivity (Wildman–Crippen MR) is 82.7 cm³/mol. The van der Waals surface area contributed by atoms with Gasteiger partial charge in [-0.3, -0.25) is 10.2 Å². The summed E-state index contributed by atoms with van der Waals surface area (Å²) in [6.07, 6.45) is 0. The average Bonchev–Trinajstić information content (AvgIpc) is 2.49. The highest BCUT2D eigenvalue weighted by atomic mass is 19.1. The second-order valence-corrected chi connectivity index (χ2v) is 5.69. The molecule has 114 valence electrons. The highest BCUT2D eigenvalue weighted by Gasteiger charge is 2.28. The molecule has 5 heteroatoms. The Morgan fingerprint density at radius 1 is 1.29 bits per heavy atom. The van der Waals surface area contributed by atoms with Gasteiger partial charge in [0.25, 0.3) is 0 Å². The lowest BCUT2D eigenvalue weighted by Crippen LogP contribution is -2.55. The lowest BCUT2D eigenvalue weighted by Gasteiger charge is -2.39. The SMILES string of the molecule is CCNC(C)(C#N)CN1CCN(c2ccccc2F)CC1. The van der Waals surface area contributed by atoms with Crippen molar-refractivity contribution < 1.29 is 4.39 Å². The summed E-state index contributed by atoms with van der Waals surface area (Å²) >= 11 is 0. The van der Waals surface area contributed by atoms with Crippen molar-refractivity contribution in [3.8, 4) is 6.07 Å². The summed E-state index contributed by atoms with van der Waals surface area (Å²) in [5.41, 5.74) is 0.154. The Kier molecular flexibility index (Phi) is 5.16. The van der Waals surface area contributed by atoms with E-state index in [0.717, 1.165) is 32.7 Å². The number of anilines is 1. The number of rotatable bonds is 5. The lowest BCUT2D eigenvalue weighted by atomic mass is 10.0. The number of hydrogen-bond acceptors (Lipinski definition) is 4. The third-order valence-corrected chi connectivity index (χ3v) is 3.92. The number of piperazine rings is 1. The Hall–Kier alpha value is -1.64. The molecule has 0 aromatic heterocycles. The van der Waals surface area contributed by atoms with E-state index < -0.39 is 5.54 Å². The van der Waals surface area contributed by atoms with E-state index in [2.05, 4.69) is 21.2 Å². The molecule has 0 spiro atoms. The van der Waals surface area contributed by atoms with Gasteiger partial charge in [0.05, 0.1) is 11.8 Å². The van der Waals surface area contributed by atoms with Gasteiger partial charge < -0.3 is 4.90 Å². The maximum absolute atomic E-state index is 13.8. The number of halogens is 1. The quantitative estimate of drug-likeness (QED) is 0.898. The zero-order valence-corrected chi connectivity index (χ0v) is 12.8. The first-order valence-corrected chi connectivity index (χ1v) is 7.46. The van der Waals surface area contributed by atoms with E-state index in [9.17, 15) is 9.65 Å². The molecule has 1 N–H and O–H groups in total. The van der Waals surface area contributed by atoms with Gasteiger partial charge in [-0.2, -0.15) is 5.26 Å². The number of nitriles is 1. The van der Waals surface area contributed by atoms with Crippen molar-refractivity contribution in [2.45, 2.75) is 19.4 Å². The van der Waals surface area contributed by atoms with Crippen LogP contribution in [0.3, 0.4) is 0 Å². The third-order valence-electron chi connectivity index (χ3n) is 3.92. The van der Waals surface area contributed by atoms with Crippen molar-refractivity contribution in [3.63, 3.8) is 0 Å². The standard InChI is InChI=1S/C16H23FN4/c1-3-19-16(2,12-18)13-20-8-10-21(11-9-20)15-7-5-4-6-14(15)17/h4-7,19H,3,8-11,13H2,1-2H3. The van der Waals surface area contributed by atoms with Crippen LogP contribution in [0.1, 0.15) is 13.8 Å². The lowest BCUT2D eigenvalue weighted by molar-refractivity contribution is 0.210. The Morgan fingerprint density at radius 3 is 2.52 bits per heavy atom. The molecule has 1 aliphatic rings. The first-order chi connectivity index (χ1) is 10.1. The maximum atomic E-state index is 13.8. The minimum absolute atomic E-state index is 0.166. The Labute approximate surface area is 126 Å².